The van der Waals surface area contributed by atoms with Crippen molar-refractivity contribution in [3.05, 3.63) is 34.3 Å². The van der Waals surface area contributed by atoms with Gasteiger partial charge in [0.15, 0.2) is 5.16 Å². The molecule has 0 radical (unpaired) electrons. The molecule has 0 fully saturated rings. The van der Waals surface area contributed by atoms with E-state index in [0.717, 1.165) is 12.4 Å². The van der Waals surface area contributed by atoms with Crippen LogP contribution < -0.4 is 5.73 Å². The van der Waals surface area contributed by atoms with Crippen molar-refractivity contribution in [1.82, 2.24) is 19.7 Å². The van der Waals surface area contributed by atoms with Gasteiger partial charge in [-0.05, 0) is 31.3 Å². The molecule has 0 aliphatic heterocycles. The maximum Gasteiger partial charge on any atom is 0.287 e. The third kappa shape index (κ3) is 3.11. The molecule has 0 amide bonds. The molecule has 0 bridgehead atoms. The number of nitro groups is 1. The van der Waals surface area contributed by atoms with E-state index in [9.17, 15) is 10.1 Å². The number of nitrogens with two attached hydrogens (primary N) is 1. The van der Waals surface area contributed by atoms with E-state index in [2.05, 4.69) is 15.2 Å². The lowest BCUT2D eigenvalue weighted by Gasteiger charge is -2.05. The molecular formula is C11H14N6O2S. The molecular weight excluding hydrogens is 280 g/mol. The fourth-order valence-corrected chi connectivity index (χ4v) is 2.52. The Bertz CT molecular complexity index is 597. The van der Waals surface area contributed by atoms with Crippen LogP contribution in [0.4, 0.5) is 5.69 Å². The maximum absolute atomic E-state index is 10.6. The maximum atomic E-state index is 10.6. The van der Waals surface area contributed by atoms with E-state index in [1.165, 1.54) is 24.0 Å². The molecule has 20 heavy (non-hydrogen) atoms. The Morgan fingerprint density at radius 2 is 2.25 bits per heavy atom. The van der Waals surface area contributed by atoms with Crippen molar-refractivity contribution in [2.45, 2.75) is 30.1 Å². The van der Waals surface area contributed by atoms with Crippen molar-refractivity contribution in [3.8, 4) is 0 Å². The van der Waals surface area contributed by atoms with Gasteiger partial charge < -0.3 is 10.3 Å². The Morgan fingerprint density at radius 3 is 2.80 bits per heavy atom. The van der Waals surface area contributed by atoms with Gasteiger partial charge in [0.05, 0.1) is 4.92 Å². The summed E-state index contributed by atoms with van der Waals surface area (Å²) in [5.41, 5.74) is 5.49. The first-order chi connectivity index (χ1) is 9.65. The molecule has 2 aromatic heterocycles. The van der Waals surface area contributed by atoms with Gasteiger partial charge >= 0.3 is 0 Å². The van der Waals surface area contributed by atoms with Gasteiger partial charge in [-0.2, -0.15) is 0 Å². The van der Waals surface area contributed by atoms with Gasteiger partial charge in [0.2, 0.25) is 0 Å². The molecule has 2 N–H and O–H groups in total. The molecule has 0 atom stereocenters. The van der Waals surface area contributed by atoms with Crippen molar-refractivity contribution >= 4 is 17.4 Å². The van der Waals surface area contributed by atoms with Gasteiger partial charge in [-0.1, -0.05) is 0 Å². The van der Waals surface area contributed by atoms with Crippen LogP contribution in [0.15, 0.2) is 28.5 Å². The van der Waals surface area contributed by atoms with E-state index < -0.39 is 4.92 Å². The largest absolute Gasteiger partial charge is 0.330 e. The fraction of sp³-hybridized carbons (Fsp3) is 0.364. The van der Waals surface area contributed by atoms with Crippen LogP contribution >= 0.6 is 11.8 Å². The Kier molecular flexibility index (Phi) is 4.64. The summed E-state index contributed by atoms with van der Waals surface area (Å²) in [4.78, 5) is 14.1. The van der Waals surface area contributed by atoms with E-state index in [0.29, 0.717) is 23.1 Å². The predicted octanol–water partition coefficient (Wildman–Crippen LogP) is 1.25. The Labute approximate surface area is 119 Å². The minimum Gasteiger partial charge on any atom is -0.330 e. The van der Waals surface area contributed by atoms with E-state index >= 15 is 0 Å². The van der Waals surface area contributed by atoms with Crippen molar-refractivity contribution in [2.24, 2.45) is 5.73 Å². The van der Waals surface area contributed by atoms with Crippen LogP contribution in [-0.4, -0.2) is 31.2 Å². The average molecular weight is 294 g/mol. The van der Waals surface area contributed by atoms with Gasteiger partial charge in [-0.25, -0.2) is 4.98 Å². The number of aromatic nitrogens is 4. The van der Waals surface area contributed by atoms with Gasteiger partial charge in [-0.15, -0.1) is 10.2 Å². The molecule has 106 valence electrons. The second-order valence-electron chi connectivity index (χ2n) is 3.90. The summed E-state index contributed by atoms with van der Waals surface area (Å²) in [7, 11) is 0. The summed E-state index contributed by atoms with van der Waals surface area (Å²) in [6, 6.07) is 3.02. The molecule has 8 nitrogen and oxygen atoms in total. The Hall–Kier alpha value is -2.00. The van der Waals surface area contributed by atoms with Crippen molar-refractivity contribution in [3.63, 3.8) is 0 Å². The number of pyridine rings is 1. The summed E-state index contributed by atoms with van der Waals surface area (Å²) < 4.78 is 1.96. The normalized spacial score (nSPS) is 10.7. The Morgan fingerprint density at radius 1 is 1.45 bits per heavy atom. The lowest BCUT2D eigenvalue weighted by atomic mass is 10.4. The molecule has 0 aliphatic rings. The van der Waals surface area contributed by atoms with Gasteiger partial charge in [0.1, 0.15) is 17.0 Å². The number of hydrogen-bond acceptors (Lipinski definition) is 7. The summed E-state index contributed by atoms with van der Waals surface area (Å²) in [5.74, 6) is 0.833. The lowest BCUT2D eigenvalue weighted by molar-refractivity contribution is -0.385. The predicted molar refractivity (Wildman–Crippen MR) is 73.5 cm³/mol. The van der Waals surface area contributed by atoms with Crippen molar-refractivity contribution in [2.75, 3.05) is 6.54 Å². The number of nitrogens with zero attached hydrogens (tertiary/aromatic N) is 5. The molecule has 0 aromatic carbocycles. The molecule has 2 heterocycles. The van der Waals surface area contributed by atoms with E-state index in [1.807, 2.05) is 11.5 Å². The first-order valence-corrected chi connectivity index (χ1v) is 6.87. The van der Waals surface area contributed by atoms with Crippen LogP contribution in [0.1, 0.15) is 12.7 Å². The number of hydrogen-bond donors (Lipinski definition) is 1. The quantitative estimate of drug-likeness (QED) is 0.630. The van der Waals surface area contributed by atoms with E-state index in [1.54, 1.807) is 6.07 Å². The highest BCUT2D eigenvalue weighted by molar-refractivity contribution is 7.99. The highest BCUT2D eigenvalue weighted by atomic mass is 32.2. The van der Waals surface area contributed by atoms with Crippen molar-refractivity contribution in [1.29, 1.82) is 0 Å². The minimum absolute atomic E-state index is 0.0323. The smallest absolute Gasteiger partial charge is 0.287 e. The van der Waals surface area contributed by atoms with Crippen LogP contribution in [0.5, 0.6) is 0 Å². The molecule has 0 saturated carbocycles. The summed E-state index contributed by atoms with van der Waals surface area (Å²) >= 11 is 1.32. The molecule has 0 aliphatic carbocycles. The van der Waals surface area contributed by atoms with Crippen LogP contribution in [-0.2, 0) is 13.0 Å². The Balaban J connectivity index is 2.19. The first kappa shape index (κ1) is 14.4. The zero-order valence-electron chi connectivity index (χ0n) is 10.9. The minimum atomic E-state index is -0.477. The van der Waals surface area contributed by atoms with Crippen LogP contribution in [0.2, 0.25) is 0 Å². The third-order valence-corrected chi connectivity index (χ3v) is 3.54. The summed E-state index contributed by atoms with van der Waals surface area (Å²) in [5, 5.41) is 20.1. The average Bonchev–Trinajstić information content (AvgIpc) is 2.82. The lowest BCUT2D eigenvalue weighted by Crippen LogP contribution is -2.09. The van der Waals surface area contributed by atoms with Crippen LogP contribution in [0.3, 0.4) is 0 Å². The van der Waals surface area contributed by atoms with E-state index in [4.69, 9.17) is 5.73 Å². The molecule has 0 saturated heterocycles. The molecule has 2 rings (SSSR count). The summed E-state index contributed by atoms with van der Waals surface area (Å²) in [6.07, 6.45) is 1.89. The highest BCUT2D eigenvalue weighted by Gasteiger charge is 2.13. The third-order valence-electron chi connectivity index (χ3n) is 2.61. The fourth-order valence-electron chi connectivity index (χ4n) is 1.66. The van der Waals surface area contributed by atoms with Gasteiger partial charge in [0, 0.05) is 19.0 Å². The summed E-state index contributed by atoms with van der Waals surface area (Å²) in [6.45, 7) is 3.24. The SMILES string of the molecule is CCn1c(CCN)nnc1Sc1ccc([N+](=O)[O-])cn1. The zero-order valence-corrected chi connectivity index (χ0v) is 11.7. The van der Waals surface area contributed by atoms with Gasteiger partial charge in [0.25, 0.3) is 5.69 Å². The molecule has 9 heteroatoms. The first-order valence-electron chi connectivity index (χ1n) is 6.06. The van der Waals surface area contributed by atoms with Crippen molar-refractivity contribution < 1.29 is 4.92 Å². The molecule has 0 unspecified atom stereocenters. The topological polar surface area (TPSA) is 113 Å². The monoisotopic (exact) mass is 294 g/mol. The number of rotatable bonds is 6. The van der Waals surface area contributed by atoms with Crippen LogP contribution in [0, 0.1) is 10.1 Å². The van der Waals surface area contributed by atoms with Gasteiger partial charge in [-0.3, -0.25) is 10.1 Å². The zero-order chi connectivity index (χ0) is 14.5. The molecule has 2 aromatic rings. The molecule has 0 spiro atoms. The second kappa shape index (κ2) is 6.44. The standard InChI is InChI=1S/C11H14N6O2S/c1-2-16-9(5-6-12)14-15-11(16)20-10-4-3-8(7-13-10)17(18)19/h3-4,7H,2,5-6,12H2,1H3. The van der Waals surface area contributed by atoms with Crippen LogP contribution in [0.25, 0.3) is 0 Å². The highest BCUT2D eigenvalue weighted by Crippen LogP contribution is 2.26. The van der Waals surface area contributed by atoms with E-state index in [-0.39, 0.29) is 5.69 Å². The second-order valence-corrected chi connectivity index (χ2v) is 4.88.